The monoisotopic (exact) mass is 530 g/mol. The van der Waals surface area contributed by atoms with Gasteiger partial charge in [0.25, 0.3) is 11.8 Å². The maximum Gasteiger partial charge on any atom is 0.573 e. The maximum absolute atomic E-state index is 13.0. The zero-order chi connectivity index (χ0) is 27.4. The van der Waals surface area contributed by atoms with Crippen molar-refractivity contribution in [3.63, 3.8) is 0 Å². The van der Waals surface area contributed by atoms with Crippen LogP contribution in [0.4, 0.5) is 24.7 Å². The number of carbonyl (C=O) groups excluding carboxylic acids is 3. The number of hydrogen-bond acceptors (Lipinski definition) is 4. The van der Waals surface area contributed by atoms with Crippen molar-refractivity contribution >= 4 is 40.1 Å². The first-order valence-electron chi connectivity index (χ1n) is 12.5. The molecule has 1 saturated carbocycles. The molecule has 0 saturated heterocycles. The van der Waals surface area contributed by atoms with Crippen molar-refractivity contribution in [2.24, 2.45) is 5.92 Å². The zero-order valence-corrected chi connectivity index (χ0v) is 21.1. The van der Waals surface area contributed by atoms with E-state index < -0.39 is 23.9 Å². The summed E-state index contributed by atoms with van der Waals surface area (Å²) in [5.41, 5.74) is 1.22. The molecule has 1 aliphatic carbocycles. The van der Waals surface area contributed by atoms with E-state index in [-0.39, 0.29) is 28.8 Å². The fourth-order valence-electron chi connectivity index (χ4n) is 4.74. The number of rotatable bonds is 7. The van der Waals surface area contributed by atoms with Crippen molar-refractivity contribution in [3.8, 4) is 5.75 Å². The number of alkyl halides is 3. The summed E-state index contributed by atoms with van der Waals surface area (Å²) in [6, 6.07) is 9.80. The van der Waals surface area contributed by atoms with E-state index in [0.29, 0.717) is 23.1 Å². The third-order valence-electron chi connectivity index (χ3n) is 6.59. The number of nitrogens with zero attached hydrogens (tertiary/aromatic N) is 1. The van der Waals surface area contributed by atoms with Crippen LogP contribution >= 0.6 is 0 Å². The molecule has 0 spiro atoms. The van der Waals surface area contributed by atoms with Gasteiger partial charge in [0.2, 0.25) is 5.91 Å². The van der Waals surface area contributed by atoms with Gasteiger partial charge in [-0.15, -0.1) is 13.2 Å². The number of nitrogens with one attached hydrogen (secondary N) is 3. The van der Waals surface area contributed by atoms with Gasteiger partial charge < -0.3 is 25.3 Å². The van der Waals surface area contributed by atoms with Gasteiger partial charge in [-0.2, -0.15) is 0 Å². The van der Waals surface area contributed by atoms with Crippen LogP contribution in [0, 0.1) is 5.92 Å². The number of anilines is 2. The summed E-state index contributed by atoms with van der Waals surface area (Å²) in [6.07, 6.45) is 0.0229. The Morgan fingerprint density at radius 3 is 2.47 bits per heavy atom. The third kappa shape index (κ3) is 6.09. The average molecular weight is 531 g/mol. The smallest absolute Gasteiger partial charge is 0.406 e. The zero-order valence-electron chi connectivity index (χ0n) is 21.1. The molecule has 202 valence electrons. The molecule has 0 unspecified atom stereocenters. The highest BCUT2D eigenvalue weighted by Gasteiger charge is 2.31. The Balaban J connectivity index is 1.64. The summed E-state index contributed by atoms with van der Waals surface area (Å²) in [5.74, 6) is -1.63. The van der Waals surface area contributed by atoms with E-state index >= 15 is 0 Å². The van der Waals surface area contributed by atoms with E-state index in [4.69, 9.17) is 0 Å². The second-order valence-electron chi connectivity index (χ2n) is 9.23. The molecule has 1 aromatic heterocycles. The molecule has 1 aliphatic rings. The molecule has 0 aliphatic heterocycles. The molecule has 1 fully saturated rings. The predicted molar refractivity (Wildman–Crippen MR) is 137 cm³/mol. The van der Waals surface area contributed by atoms with Gasteiger partial charge in [0.05, 0.1) is 5.56 Å². The Kier molecular flexibility index (Phi) is 7.94. The predicted octanol–water partition coefficient (Wildman–Crippen LogP) is 5.61. The number of benzene rings is 2. The Morgan fingerprint density at radius 1 is 1.05 bits per heavy atom. The molecule has 3 N–H and O–H groups in total. The molecule has 8 nitrogen and oxygen atoms in total. The van der Waals surface area contributed by atoms with Crippen molar-refractivity contribution in [1.82, 2.24) is 10.3 Å². The largest absolute Gasteiger partial charge is 0.573 e. The van der Waals surface area contributed by atoms with Crippen LogP contribution in [0.25, 0.3) is 10.9 Å². The molecule has 1 heterocycles. The number of H-pyrrole nitrogens is 1. The minimum absolute atomic E-state index is 0.0223. The minimum atomic E-state index is -4.90. The second-order valence-corrected chi connectivity index (χ2v) is 9.23. The molecule has 38 heavy (non-hydrogen) atoms. The number of carbonyl (C=O) groups is 3. The van der Waals surface area contributed by atoms with Gasteiger partial charge in [0.15, 0.2) is 0 Å². The van der Waals surface area contributed by atoms with Crippen molar-refractivity contribution in [1.29, 1.82) is 0 Å². The van der Waals surface area contributed by atoms with Crippen molar-refractivity contribution in [2.45, 2.75) is 45.4 Å². The SMILES string of the molecule is CCNC(=O)c1c(NC(=O)c2cccc(OC(F)(F)F)c2)[nH]c2cc(N(C)C(=O)C3CCCCC3)ccc12. The minimum Gasteiger partial charge on any atom is -0.406 e. The van der Waals surface area contributed by atoms with Gasteiger partial charge in [0, 0.05) is 41.7 Å². The normalized spacial score (nSPS) is 14.2. The average Bonchev–Trinajstić information content (AvgIpc) is 3.24. The first-order valence-corrected chi connectivity index (χ1v) is 12.5. The summed E-state index contributed by atoms with van der Waals surface area (Å²) >= 11 is 0. The van der Waals surface area contributed by atoms with E-state index in [0.717, 1.165) is 44.2 Å². The van der Waals surface area contributed by atoms with E-state index in [1.807, 2.05) is 0 Å². The van der Waals surface area contributed by atoms with Crippen LogP contribution in [0.1, 0.15) is 59.7 Å². The topological polar surface area (TPSA) is 104 Å². The molecule has 3 amide bonds. The second kappa shape index (κ2) is 11.2. The maximum atomic E-state index is 13.0. The number of amides is 3. The fraction of sp³-hybridized carbons (Fsp3) is 0.370. The number of ether oxygens (including phenoxy) is 1. The van der Waals surface area contributed by atoms with Crippen molar-refractivity contribution in [2.75, 3.05) is 23.8 Å². The quantitative estimate of drug-likeness (QED) is 0.369. The summed E-state index contributed by atoms with van der Waals surface area (Å²) in [5, 5.41) is 5.82. The lowest BCUT2D eigenvalue weighted by atomic mass is 9.88. The lowest BCUT2D eigenvalue weighted by molar-refractivity contribution is -0.274. The van der Waals surface area contributed by atoms with Crippen LogP contribution in [0.3, 0.4) is 0 Å². The standard InChI is InChI=1S/C27H29F3N4O4/c1-3-31-25(36)22-20-13-12-18(34(2)26(37)16-8-5-4-6-9-16)15-21(20)32-23(22)33-24(35)17-10-7-11-19(14-17)38-27(28,29)30/h7,10-16,32H,3-6,8-9H2,1-2H3,(H,31,36)(H,33,35). The Labute approximate surface area is 217 Å². The molecule has 2 aromatic carbocycles. The van der Waals surface area contributed by atoms with Gasteiger partial charge in [-0.1, -0.05) is 25.3 Å². The molecular weight excluding hydrogens is 501 g/mol. The first-order chi connectivity index (χ1) is 18.1. The molecule has 3 aromatic rings. The Hall–Kier alpha value is -4.02. The molecule has 0 atom stereocenters. The van der Waals surface area contributed by atoms with E-state index in [9.17, 15) is 27.6 Å². The third-order valence-corrected chi connectivity index (χ3v) is 6.59. The highest BCUT2D eigenvalue weighted by Crippen LogP contribution is 2.32. The van der Waals surface area contributed by atoms with E-state index in [2.05, 4.69) is 20.4 Å². The van der Waals surface area contributed by atoms with Crippen molar-refractivity contribution < 1.29 is 32.3 Å². The van der Waals surface area contributed by atoms with Crippen LogP contribution < -0.4 is 20.3 Å². The van der Waals surface area contributed by atoms with Gasteiger partial charge in [-0.3, -0.25) is 14.4 Å². The molecule has 11 heteroatoms. The van der Waals surface area contributed by atoms with Crippen LogP contribution in [0.5, 0.6) is 5.75 Å². The van der Waals surface area contributed by atoms with Crippen LogP contribution in [-0.2, 0) is 4.79 Å². The Morgan fingerprint density at radius 2 is 1.79 bits per heavy atom. The number of aromatic nitrogens is 1. The lowest BCUT2D eigenvalue weighted by Gasteiger charge is -2.26. The summed E-state index contributed by atoms with van der Waals surface area (Å²) in [6.45, 7) is 2.09. The molecule has 0 bridgehead atoms. The fourth-order valence-corrected chi connectivity index (χ4v) is 4.74. The highest BCUT2D eigenvalue weighted by atomic mass is 19.4. The van der Waals surface area contributed by atoms with Crippen molar-refractivity contribution in [3.05, 3.63) is 53.6 Å². The van der Waals surface area contributed by atoms with E-state index in [1.54, 1.807) is 37.1 Å². The van der Waals surface area contributed by atoms with Crippen LogP contribution in [0.15, 0.2) is 42.5 Å². The summed E-state index contributed by atoms with van der Waals surface area (Å²) in [7, 11) is 1.71. The highest BCUT2D eigenvalue weighted by molar-refractivity contribution is 6.16. The van der Waals surface area contributed by atoms with Gasteiger partial charge in [-0.25, -0.2) is 0 Å². The summed E-state index contributed by atoms with van der Waals surface area (Å²) < 4.78 is 41.7. The van der Waals surface area contributed by atoms with Crippen LogP contribution in [0.2, 0.25) is 0 Å². The summed E-state index contributed by atoms with van der Waals surface area (Å²) in [4.78, 5) is 43.5. The van der Waals surface area contributed by atoms with Gasteiger partial charge in [0.1, 0.15) is 11.6 Å². The number of hydrogen-bond donors (Lipinski definition) is 3. The number of halogens is 3. The molecule has 0 radical (unpaired) electrons. The Bertz CT molecular complexity index is 1350. The van der Waals surface area contributed by atoms with Gasteiger partial charge in [-0.05, 0) is 56.2 Å². The number of aromatic amines is 1. The molecule has 4 rings (SSSR count). The molecular formula is C27H29F3N4O4. The van der Waals surface area contributed by atoms with Gasteiger partial charge >= 0.3 is 6.36 Å². The number of fused-ring (bicyclic) bond motifs is 1. The van der Waals surface area contributed by atoms with E-state index in [1.165, 1.54) is 12.1 Å². The first kappa shape index (κ1) is 27.0. The van der Waals surface area contributed by atoms with Crippen LogP contribution in [-0.4, -0.2) is 42.7 Å². The lowest BCUT2D eigenvalue weighted by Crippen LogP contribution is -2.33.